The summed E-state index contributed by atoms with van der Waals surface area (Å²) in [7, 11) is 0. The van der Waals surface area contributed by atoms with E-state index in [9.17, 15) is 9.59 Å². The Morgan fingerprint density at radius 1 is 1.23 bits per heavy atom. The molecule has 0 spiro atoms. The van der Waals surface area contributed by atoms with Crippen molar-refractivity contribution < 1.29 is 9.59 Å². The molecule has 26 heavy (non-hydrogen) atoms. The number of amides is 2. The summed E-state index contributed by atoms with van der Waals surface area (Å²) in [4.78, 5) is 26.4. The zero-order chi connectivity index (χ0) is 18.7. The molecule has 1 aromatic carbocycles. The highest BCUT2D eigenvalue weighted by Crippen LogP contribution is 2.24. The van der Waals surface area contributed by atoms with Crippen LogP contribution in [0, 0.1) is 6.92 Å². The van der Waals surface area contributed by atoms with Gasteiger partial charge in [0.1, 0.15) is 0 Å². The molecule has 6 nitrogen and oxygen atoms in total. The molecule has 0 unspecified atom stereocenters. The van der Waals surface area contributed by atoms with Crippen LogP contribution in [0.3, 0.4) is 0 Å². The maximum atomic E-state index is 12.2. The lowest BCUT2D eigenvalue weighted by Crippen LogP contribution is -2.44. The minimum Gasteiger partial charge on any atom is -0.349 e. The molecule has 2 heterocycles. The van der Waals surface area contributed by atoms with Crippen LogP contribution in [0.5, 0.6) is 0 Å². The van der Waals surface area contributed by atoms with Gasteiger partial charge in [0.15, 0.2) is 0 Å². The van der Waals surface area contributed by atoms with Crippen molar-refractivity contribution in [2.75, 3.05) is 25.0 Å². The third-order valence-corrected chi connectivity index (χ3v) is 5.22. The van der Waals surface area contributed by atoms with Crippen LogP contribution in [0.25, 0.3) is 0 Å². The predicted octanol–water partition coefficient (Wildman–Crippen LogP) is 2.69. The second-order valence-electron chi connectivity index (χ2n) is 6.56. The molecule has 2 N–H and O–H groups in total. The molecule has 1 aromatic heterocycles. The van der Waals surface area contributed by atoms with Crippen LogP contribution in [-0.2, 0) is 16.1 Å². The summed E-state index contributed by atoms with van der Waals surface area (Å²) in [6.45, 7) is 5.97. The summed E-state index contributed by atoms with van der Waals surface area (Å²) < 4.78 is 3.18. The van der Waals surface area contributed by atoms with Crippen molar-refractivity contribution in [2.45, 2.75) is 26.4 Å². The number of benzene rings is 1. The number of anilines is 1. The maximum absolute atomic E-state index is 12.2. The lowest BCUT2D eigenvalue weighted by Gasteiger charge is -2.34. The molecule has 0 aliphatic carbocycles. The van der Waals surface area contributed by atoms with Crippen molar-refractivity contribution in [3.63, 3.8) is 0 Å². The minimum atomic E-state index is -0.232. The maximum Gasteiger partial charge on any atom is 0.243 e. The Morgan fingerprint density at radius 3 is 2.81 bits per heavy atom. The second-order valence-corrected chi connectivity index (χ2v) is 7.47. The van der Waals surface area contributed by atoms with Gasteiger partial charge in [0.25, 0.3) is 0 Å². The van der Waals surface area contributed by atoms with Gasteiger partial charge in [-0.3, -0.25) is 14.5 Å². The first-order valence-corrected chi connectivity index (χ1v) is 9.45. The molecular weight excluding hydrogens is 396 g/mol. The lowest BCUT2D eigenvalue weighted by molar-refractivity contribution is -0.125. The molecule has 7 heteroatoms. The fraction of sp³-hybridized carbons (Fsp3) is 0.368. The van der Waals surface area contributed by atoms with Gasteiger partial charge in [-0.2, -0.15) is 0 Å². The number of fused-ring (bicyclic) bond motifs is 1. The second kappa shape index (κ2) is 8.05. The summed E-state index contributed by atoms with van der Waals surface area (Å²) in [5.41, 5.74) is 2.93. The van der Waals surface area contributed by atoms with E-state index in [2.05, 4.69) is 55.2 Å². The van der Waals surface area contributed by atoms with Gasteiger partial charge < -0.3 is 15.2 Å². The van der Waals surface area contributed by atoms with Crippen LogP contribution < -0.4 is 10.6 Å². The largest absolute Gasteiger partial charge is 0.349 e. The van der Waals surface area contributed by atoms with Gasteiger partial charge in [-0.1, -0.05) is 15.9 Å². The molecule has 1 aliphatic rings. The van der Waals surface area contributed by atoms with E-state index in [1.165, 1.54) is 5.69 Å². The summed E-state index contributed by atoms with van der Waals surface area (Å²) in [6.07, 6.45) is 2.07. The monoisotopic (exact) mass is 418 g/mol. The Morgan fingerprint density at radius 2 is 2.04 bits per heavy atom. The highest BCUT2D eigenvalue weighted by atomic mass is 79.9. The Kier molecular flexibility index (Phi) is 5.78. The topological polar surface area (TPSA) is 66.4 Å². The molecule has 0 saturated heterocycles. The zero-order valence-electron chi connectivity index (χ0n) is 15.0. The predicted molar refractivity (Wildman–Crippen MR) is 105 cm³/mol. The standard InChI is InChI=1S/C19H23BrN4O2/c1-13-10-15(20)5-6-16(13)22-18(25)11-21-19(26)12-24-9-8-23-7-3-4-17(23)14(24)2/h3-7,10,14H,8-9,11-12H2,1-2H3,(H,21,26)(H,22,25)/t14-/m0/s1. The molecule has 0 fully saturated rings. The number of aromatic nitrogens is 1. The van der Waals surface area contributed by atoms with Crippen molar-refractivity contribution in [1.29, 1.82) is 0 Å². The Labute approximate surface area is 161 Å². The van der Waals surface area contributed by atoms with E-state index < -0.39 is 0 Å². The molecule has 0 bridgehead atoms. The van der Waals surface area contributed by atoms with Crippen LogP contribution in [0.15, 0.2) is 41.0 Å². The van der Waals surface area contributed by atoms with Crippen molar-refractivity contribution in [3.05, 3.63) is 52.3 Å². The first-order valence-electron chi connectivity index (χ1n) is 8.66. The molecule has 2 aromatic rings. The van der Waals surface area contributed by atoms with E-state index in [1.54, 1.807) is 0 Å². The van der Waals surface area contributed by atoms with Crippen molar-refractivity contribution in [3.8, 4) is 0 Å². The number of hydrogen-bond donors (Lipinski definition) is 2. The smallest absolute Gasteiger partial charge is 0.243 e. The third-order valence-electron chi connectivity index (χ3n) is 4.72. The number of nitrogens with zero attached hydrogens (tertiary/aromatic N) is 2. The Hall–Kier alpha value is -2.12. The van der Waals surface area contributed by atoms with Gasteiger partial charge in [-0.25, -0.2) is 0 Å². The number of rotatable bonds is 5. The van der Waals surface area contributed by atoms with Gasteiger partial charge in [-0.05, 0) is 49.7 Å². The summed E-state index contributed by atoms with van der Waals surface area (Å²) in [5.74, 6) is -0.371. The van der Waals surface area contributed by atoms with E-state index in [-0.39, 0.29) is 30.9 Å². The number of carbonyl (C=O) groups excluding carboxylic acids is 2. The van der Waals surface area contributed by atoms with Crippen molar-refractivity contribution in [1.82, 2.24) is 14.8 Å². The fourth-order valence-electron chi connectivity index (χ4n) is 3.22. The first-order chi connectivity index (χ1) is 12.4. The van der Waals surface area contributed by atoms with Gasteiger partial charge >= 0.3 is 0 Å². The van der Waals surface area contributed by atoms with Crippen LogP contribution >= 0.6 is 15.9 Å². The SMILES string of the molecule is Cc1cc(Br)ccc1NC(=O)CNC(=O)CN1CCn2cccc2[C@@H]1C. The van der Waals surface area contributed by atoms with Crippen molar-refractivity contribution >= 4 is 33.4 Å². The fourth-order valence-corrected chi connectivity index (χ4v) is 3.70. The first kappa shape index (κ1) is 18.7. The van der Waals surface area contributed by atoms with Crippen LogP contribution in [0.4, 0.5) is 5.69 Å². The average Bonchev–Trinajstić information content (AvgIpc) is 3.08. The number of nitrogens with one attached hydrogen (secondary N) is 2. The molecule has 1 atom stereocenters. The van der Waals surface area contributed by atoms with Crippen LogP contribution in [0.1, 0.15) is 24.2 Å². The number of halogens is 1. The zero-order valence-corrected chi connectivity index (χ0v) is 16.5. The van der Waals surface area contributed by atoms with Crippen LogP contribution in [-0.4, -0.2) is 40.9 Å². The highest BCUT2D eigenvalue weighted by Gasteiger charge is 2.25. The molecule has 0 radical (unpaired) electrons. The van der Waals surface area contributed by atoms with E-state index in [1.807, 2.05) is 31.2 Å². The lowest BCUT2D eigenvalue weighted by atomic mass is 10.1. The number of aryl methyl sites for hydroxylation is 1. The van der Waals surface area contributed by atoms with E-state index in [0.717, 1.165) is 28.8 Å². The normalized spacial score (nSPS) is 16.8. The third kappa shape index (κ3) is 4.34. The number of carbonyl (C=O) groups is 2. The highest BCUT2D eigenvalue weighted by molar-refractivity contribution is 9.10. The van der Waals surface area contributed by atoms with E-state index in [4.69, 9.17) is 0 Å². The Bertz CT molecular complexity index is 818. The quantitative estimate of drug-likeness (QED) is 0.784. The van der Waals surface area contributed by atoms with Gasteiger partial charge in [-0.15, -0.1) is 0 Å². The number of hydrogen-bond acceptors (Lipinski definition) is 3. The van der Waals surface area contributed by atoms with Gasteiger partial charge in [0, 0.05) is 41.2 Å². The summed E-state index contributed by atoms with van der Waals surface area (Å²) >= 11 is 3.40. The Balaban J connectivity index is 1.47. The molecule has 138 valence electrons. The molecule has 3 rings (SSSR count). The minimum absolute atomic E-state index is 0.0348. The molecule has 0 saturated carbocycles. The van der Waals surface area contributed by atoms with Gasteiger partial charge in [0.05, 0.1) is 13.1 Å². The van der Waals surface area contributed by atoms with Gasteiger partial charge in [0.2, 0.25) is 11.8 Å². The van der Waals surface area contributed by atoms with E-state index >= 15 is 0 Å². The molecular formula is C19H23BrN4O2. The molecule has 2 amide bonds. The van der Waals surface area contributed by atoms with E-state index in [0.29, 0.717) is 0 Å². The van der Waals surface area contributed by atoms with Crippen molar-refractivity contribution in [2.24, 2.45) is 0 Å². The molecule has 1 aliphatic heterocycles. The van der Waals surface area contributed by atoms with Crippen LogP contribution in [0.2, 0.25) is 0 Å². The summed E-state index contributed by atoms with van der Waals surface area (Å²) in [6, 6.07) is 9.94. The average molecular weight is 419 g/mol. The summed E-state index contributed by atoms with van der Waals surface area (Å²) in [5, 5.41) is 5.53.